The molecule has 104 valence electrons. The number of halogens is 3. The summed E-state index contributed by atoms with van der Waals surface area (Å²) in [7, 11) is 0. The molecule has 0 heterocycles. The highest BCUT2D eigenvalue weighted by atomic mass is 79.9. The minimum Gasteiger partial charge on any atom is -0.424 e. The summed E-state index contributed by atoms with van der Waals surface area (Å²) in [4.78, 5) is 12.0. The molecule has 0 unspecified atom stereocenters. The van der Waals surface area contributed by atoms with Crippen molar-refractivity contribution in [1.82, 2.24) is 0 Å². The van der Waals surface area contributed by atoms with Crippen molar-refractivity contribution in [1.29, 1.82) is 0 Å². The van der Waals surface area contributed by atoms with Gasteiger partial charge in [-0.25, -0.2) is 0 Å². The van der Waals surface area contributed by atoms with Crippen molar-refractivity contribution in [2.24, 2.45) is 0 Å². The Morgan fingerprint density at radius 2 is 1.80 bits per heavy atom. The third-order valence-corrected chi connectivity index (χ3v) is 3.94. The zero-order valence-electron chi connectivity index (χ0n) is 10.6. The maximum absolute atomic E-state index is 12.0. The van der Waals surface area contributed by atoms with Gasteiger partial charge in [-0.3, -0.25) is 4.79 Å². The molecular weight excluding hydrogens is 407 g/mol. The van der Waals surface area contributed by atoms with E-state index in [4.69, 9.17) is 16.3 Å². The van der Waals surface area contributed by atoms with E-state index in [9.17, 15) is 4.79 Å². The van der Waals surface area contributed by atoms with Gasteiger partial charge in [0.1, 0.15) is 0 Å². The fourth-order valence-corrected chi connectivity index (χ4v) is 3.01. The van der Waals surface area contributed by atoms with Crippen molar-refractivity contribution in [2.75, 3.05) is 0 Å². The van der Waals surface area contributed by atoms with E-state index in [1.165, 1.54) is 0 Å². The van der Waals surface area contributed by atoms with E-state index < -0.39 is 0 Å². The van der Waals surface area contributed by atoms with Crippen LogP contribution in [0.3, 0.4) is 0 Å². The summed E-state index contributed by atoms with van der Waals surface area (Å²) < 4.78 is 7.19. The van der Waals surface area contributed by atoms with Gasteiger partial charge in [-0.1, -0.05) is 55.6 Å². The molecule has 0 saturated carbocycles. The molecule has 20 heavy (non-hydrogen) atoms. The lowest BCUT2D eigenvalue weighted by Gasteiger charge is -2.10. The number of aryl methyl sites for hydroxylation is 1. The lowest BCUT2D eigenvalue weighted by molar-refractivity contribution is -0.133. The minimum atomic E-state index is -0.334. The van der Waals surface area contributed by atoms with Crippen LogP contribution in [-0.2, 0) is 11.2 Å². The molecule has 0 aliphatic heterocycles. The average molecular weight is 419 g/mol. The monoisotopic (exact) mass is 416 g/mol. The quantitative estimate of drug-likeness (QED) is 0.498. The highest BCUT2D eigenvalue weighted by Gasteiger charge is 2.12. The lowest BCUT2D eigenvalue weighted by Crippen LogP contribution is -2.12. The Bertz CT molecular complexity index is 616. The highest BCUT2D eigenvalue weighted by Crippen LogP contribution is 2.32. The van der Waals surface area contributed by atoms with Crippen LogP contribution in [0.1, 0.15) is 11.1 Å². The molecule has 2 aromatic rings. The minimum absolute atomic E-state index is 0.207. The third kappa shape index (κ3) is 4.08. The van der Waals surface area contributed by atoms with E-state index in [2.05, 4.69) is 31.9 Å². The molecule has 0 aliphatic carbocycles. The highest BCUT2D eigenvalue weighted by molar-refractivity contribution is 9.10. The largest absolute Gasteiger partial charge is 0.424 e. The number of carbonyl (C=O) groups is 1. The summed E-state index contributed by atoms with van der Waals surface area (Å²) in [6.45, 7) is 1.85. The maximum atomic E-state index is 12.0. The number of rotatable bonds is 3. The number of benzene rings is 2. The topological polar surface area (TPSA) is 26.3 Å². The van der Waals surface area contributed by atoms with Gasteiger partial charge in [-0.05, 0) is 42.3 Å². The number of esters is 1. The molecule has 2 nitrogen and oxygen atoms in total. The predicted molar refractivity (Wildman–Crippen MR) is 87.4 cm³/mol. The van der Waals surface area contributed by atoms with Crippen LogP contribution in [0.2, 0.25) is 5.02 Å². The number of carbonyl (C=O) groups excluding carboxylic acids is 1. The van der Waals surface area contributed by atoms with Crippen molar-refractivity contribution >= 4 is 49.4 Å². The molecule has 0 spiro atoms. The van der Waals surface area contributed by atoms with Gasteiger partial charge in [0.2, 0.25) is 0 Å². The van der Waals surface area contributed by atoms with Crippen molar-refractivity contribution < 1.29 is 9.53 Å². The van der Waals surface area contributed by atoms with Gasteiger partial charge in [0.25, 0.3) is 0 Å². The smallest absolute Gasteiger partial charge is 0.315 e. The molecule has 0 fully saturated rings. The molecule has 0 aromatic heterocycles. The maximum Gasteiger partial charge on any atom is 0.315 e. The summed E-state index contributed by atoms with van der Waals surface area (Å²) in [6, 6.07) is 11.1. The predicted octanol–water partition coefficient (Wildman–Crippen LogP) is 5.32. The second kappa shape index (κ2) is 6.74. The summed E-state index contributed by atoms with van der Waals surface area (Å²) in [6.07, 6.45) is 0.207. The third-order valence-electron chi connectivity index (χ3n) is 2.67. The normalized spacial score (nSPS) is 10.4. The summed E-state index contributed by atoms with van der Waals surface area (Å²) >= 11 is 12.8. The van der Waals surface area contributed by atoms with Crippen LogP contribution in [0.4, 0.5) is 0 Å². The van der Waals surface area contributed by atoms with Crippen LogP contribution < -0.4 is 4.74 Å². The molecule has 0 N–H and O–H groups in total. The first-order valence-corrected chi connectivity index (χ1v) is 7.83. The SMILES string of the molecule is Cc1cc(Br)cc(Cl)c1OC(=O)Cc1ccc(Br)cc1. The van der Waals surface area contributed by atoms with Gasteiger partial charge >= 0.3 is 5.97 Å². The number of hydrogen-bond donors (Lipinski definition) is 0. The molecular formula is C15H11Br2ClO2. The van der Waals surface area contributed by atoms with Crippen LogP contribution in [0.5, 0.6) is 5.75 Å². The first-order valence-electron chi connectivity index (χ1n) is 5.86. The second-order valence-electron chi connectivity index (χ2n) is 4.31. The molecule has 0 amide bonds. The van der Waals surface area contributed by atoms with Gasteiger partial charge in [0.05, 0.1) is 11.4 Å². The van der Waals surface area contributed by atoms with Gasteiger partial charge in [0.15, 0.2) is 5.75 Å². The first kappa shape index (κ1) is 15.5. The van der Waals surface area contributed by atoms with Crippen LogP contribution in [0.25, 0.3) is 0 Å². The average Bonchev–Trinajstić information content (AvgIpc) is 2.36. The zero-order valence-corrected chi connectivity index (χ0v) is 14.5. The summed E-state index contributed by atoms with van der Waals surface area (Å²) in [5.41, 5.74) is 1.71. The Morgan fingerprint density at radius 1 is 1.15 bits per heavy atom. The van der Waals surface area contributed by atoms with E-state index in [1.54, 1.807) is 6.07 Å². The summed E-state index contributed by atoms with van der Waals surface area (Å²) in [5, 5.41) is 0.418. The zero-order chi connectivity index (χ0) is 14.7. The fraction of sp³-hybridized carbons (Fsp3) is 0.133. The molecule has 0 aliphatic rings. The molecule has 2 aromatic carbocycles. The molecule has 0 bridgehead atoms. The second-order valence-corrected chi connectivity index (χ2v) is 6.55. The van der Waals surface area contributed by atoms with Crippen molar-refractivity contribution in [3.05, 3.63) is 61.5 Å². The van der Waals surface area contributed by atoms with E-state index in [0.29, 0.717) is 10.8 Å². The molecule has 0 atom stereocenters. The van der Waals surface area contributed by atoms with Gasteiger partial charge in [0, 0.05) is 8.95 Å². The number of hydrogen-bond acceptors (Lipinski definition) is 2. The summed E-state index contributed by atoms with van der Waals surface area (Å²) in [5.74, 6) is 0.0802. The molecule has 0 saturated heterocycles. The lowest BCUT2D eigenvalue weighted by atomic mass is 10.1. The Morgan fingerprint density at radius 3 is 2.40 bits per heavy atom. The van der Waals surface area contributed by atoms with Crippen molar-refractivity contribution in [3.8, 4) is 5.75 Å². The van der Waals surface area contributed by atoms with Crippen molar-refractivity contribution in [3.63, 3.8) is 0 Å². The van der Waals surface area contributed by atoms with Crippen LogP contribution >= 0.6 is 43.5 Å². The van der Waals surface area contributed by atoms with Gasteiger partial charge in [-0.2, -0.15) is 0 Å². The molecule has 0 radical (unpaired) electrons. The van der Waals surface area contributed by atoms with Crippen LogP contribution in [0, 0.1) is 6.92 Å². The van der Waals surface area contributed by atoms with Gasteiger partial charge < -0.3 is 4.74 Å². The van der Waals surface area contributed by atoms with Crippen LogP contribution in [-0.4, -0.2) is 5.97 Å². The Balaban J connectivity index is 2.10. The molecule has 2 rings (SSSR count). The fourth-order valence-electron chi connectivity index (χ4n) is 1.74. The number of ether oxygens (including phenoxy) is 1. The van der Waals surface area contributed by atoms with Crippen molar-refractivity contribution in [2.45, 2.75) is 13.3 Å². The Kier molecular flexibility index (Phi) is 5.24. The van der Waals surface area contributed by atoms with Gasteiger partial charge in [-0.15, -0.1) is 0 Å². The Hall–Kier alpha value is -0.840. The standard InChI is InChI=1S/C15H11Br2ClO2/c1-9-6-12(17)8-13(18)15(9)20-14(19)7-10-2-4-11(16)5-3-10/h2-6,8H,7H2,1H3. The van der Waals surface area contributed by atoms with E-state index >= 15 is 0 Å². The Labute approximate surface area is 139 Å². The van der Waals surface area contributed by atoms with E-state index in [-0.39, 0.29) is 12.4 Å². The first-order chi connectivity index (χ1) is 9.45. The van der Waals surface area contributed by atoms with E-state index in [0.717, 1.165) is 20.1 Å². The van der Waals surface area contributed by atoms with Crippen LogP contribution in [0.15, 0.2) is 45.3 Å². The molecule has 5 heteroatoms. The van der Waals surface area contributed by atoms with E-state index in [1.807, 2.05) is 37.3 Å².